The number of halogens is 1. The number of ether oxygens (including phenoxy) is 1. The maximum absolute atomic E-state index is 13.7. The second kappa shape index (κ2) is 14.5. The second-order valence-electron chi connectivity index (χ2n) is 11.7. The first-order valence-corrected chi connectivity index (χ1v) is 17.8. The van der Waals surface area contributed by atoms with Crippen molar-refractivity contribution in [3.63, 3.8) is 0 Å². The summed E-state index contributed by atoms with van der Waals surface area (Å²) in [5.41, 5.74) is 12.0. The van der Waals surface area contributed by atoms with Crippen LogP contribution in [0.15, 0.2) is 133 Å². The third kappa shape index (κ3) is 7.31. The first-order chi connectivity index (χ1) is 23.2. The van der Waals surface area contributed by atoms with Crippen LogP contribution >= 0.6 is 11.6 Å². The molecule has 6 aromatic rings. The number of aromatic nitrogens is 1. The summed E-state index contributed by atoms with van der Waals surface area (Å²) < 4.78 is 35.6. The Bertz CT molecular complexity index is 2100. The fourth-order valence-electron chi connectivity index (χ4n) is 6.35. The highest BCUT2D eigenvalue weighted by atomic mass is 35.5. The topological polar surface area (TPSA) is 112 Å². The van der Waals surface area contributed by atoms with Gasteiger partial charge in [0.1, 0.15) is 11.3 Å². The summed E-state index contributed by atoms with van der Waals surface area (Å²) in [7, 11) is -3.66. The lowest BCUT2D eigenvalue weighted by Crippen LogP contribution is -2.28. The molecule has 1 aromatic heterocycles. The molecule has 0 fully saturated rings. The largest absolute Gasteiger partial charge is 0.492 e. The molecule has 9 heteroatoms. The Kier molecular flexibility index (Phi) is 9.96. The number of fused-ring (bicyclic) bond motifs is 1. The molecule has 0 saturated heterocycles. The fourth-order valence-corrected chi connectivity index (χ4v) is 8.04. The number of aromatic carboxylic acids is 1. The average molecular weight is 679 g/mol. The van der Waals surface area contributed by atoms with Crippen LogP contribution in [0.3, 0.4) is 0 Å². The summed E-state index contributed by atoms with van der Waals surface area (Å²) in [6.07, 6.45) is 0.315. The molecule has 6 rings (SSSR count). The number of para-hydroxylation sites is 1. The van der Waals surface area contributed by atoms with Gasteiger partial charge in [0.2, 0.25) is 0 Å². The minimum atomic E-state index is -3.66. The smallest absolute Gasteiger partial charge is 0.339 e. The fraction of sp³-hybridized carbons (Fsp3) is 0.154. The molecule has 0 spiro atoms. The molecule has 7 nitrogen and oxygen atoms in total. The SMILES string of the molecule is NC(CS(=O)(=O)Cc1ccccc1)c1c(CCOc2ccccc2C(=O)O)c2cc(Cl)ccc2n1C(c1ccccc1)c1ccccc1. The predicted molar refractivity (Wildman–Crippen MR) is 191 cm³/mol. The van der Waals surface area contributed by atoms with Crippen molar-refractivity contribution < 1.29 is 23.1 Å². The molecular weight excluding hydrogens is 644 g/mol. The standard InChI is InChI=1S/C39H35ClN2O5S/c40-30-20-21-35-33(24-30)31(22-23-47-36-19-11-10-18-32(36)39(43)44)38(34(41)26-48(45,46)25-27-12-4-1-5-13-27)42(35)37(28-14-6-2-7-15-28)29-16-8-3-9-17-29/h1-21,24,34,37H,22-23,25-26,41H2,(H,43,44). The molecule has 0 aliphatic carbocycles. The lowest BCUT2D eigenvalue weighted by atomic mass is 9.97. The van der Waals surface area contributed by atoms with Crippen molar-refractivity contribution >= 4 is 38.3 Å². The molecule has 0 bridgehead atoms. The van der Waals surface area contributed by atoms with Crippen LogP contribution in [0.5, 0.6) is 5.75 Å². The van der Waals surface area contributed by atoms with Crippen LogP contribution in [0.2, 0.25) is 5.02 Å². The van der Waals surface area contributed by atoms with Crippen molar-refractivity contribution in [3.8, 4) is 5.75 Å². The number of carbonyl (C=O) groups is 1. The quantitative estimate of drug-likeness (QED) is 0.129. The highest BCUT2D eigenvalue weighted by Crippen LogP contribution is 2.40. The average Bonchev–Trinajstić information content (AvgIpc) is 3.39. The van der Waals surface area contributed by atoms with E-state index < -0.39 is 21.8 Å². The summed E-state index contributed by atoms with van der Waals surface area (Å²) >= 11 is 6.59. The maximum atomic E-state index is 13.7. The van der Waals surface area contributed by atoms with Crippen LogP contribution in [0.1, 0.15) is 50.4 Å². The predicted octanol–water partition coefficient (Wildman–Crippen LogP) is 7.87. The second-order valence-corrected chi connectivity index (χ2v) is 14.2. The lowest BCUT2D eigenvalue weighted by molar-refractivity contribution is 0.0692. The summed E-state index contributed by atoms with van der Waals surface area (Å²) in [5.74, 6) is -1.28. The molecule has 0 saturated carbocycles. The number of hydrogen-bond donors (Lipinski definition) is 2. The van der Waals surface area contributed by atoms with E-state index in [0.29, 0.717) is 22.7 Å². The number of rotatable bonds is 13. The van der Waals surface area contributed by atoms with Gasteiger partial charge >= 0.3 is 5.97 Å². The van der Waals surface area contributed by atoms with Gasteiger partial charge in [0.15, 0.2) is 9.84 Å². The Morgan fingerprint density at radius 3 is 2.02 bits per heavy atom. The van der Waals surface area contributed by atoms with Gasteiger partial charge in [-0.05, 0) is 52.6 Å². The molecular formula is C39H35ClN2O5S. The van der Waals surface area contributed by atoms with Gasteiger partial charge < -0.3 is 20.1 Å². The van der Waals surface area contributed by atoms with Gasteiger partial charge in [-0.15, -0.1) is 0 Å². The van der Waals surface area contributed by atoms with Crippen molar-refractivity contribution in [1.82, 2.24) is 4.57 Å². The van der Waals surface area contributed by atoms with Gasteiger partial charge in [-0.2, -0.15) is 0 Å². The molecule has 244 valence electrons. The molecule has 1 unspecified atom stereocenters. The zero-order chi connectivity index (χ0) is 33.7. The van der Waals surface area contributed by atoms with Crippen LogP contribution < -0.4 is 10.5 Å². The van der Waals surface area contributed by atoms with E-state index in [4.69, 9.17) is 22.1 Å². The zero-order valence-electron chi connectivity index (χ0n) is 26.1. The molecule has 1 heterocycles. The normalized spacial score (nSPS) is 12.3. The monoisotopic (exact) mass is 678 g/mol. The van der Waals surface area contributed by atoms with E-state index in [2.05, 4.69) is 4.57 Å². The van der Waals surface area contributed by atoms with Crippen molar-refractivity contribution in [3.05, 3.63) is 172 Å². The molecule has 0 aliphatic heterocycles. The Morgan fingerprint density at radius 1 is 0.812 bits per heavy atom. The van der Waals surface area contributed by atoms with Gasteiger partial charge in [-0.25, -0.2) is 13.2 Å². The summed E-state index contributed by atoms with van der Waals surface area (Å²) in [6, 6.07) is 39.9. The molecule has 5 aromatic carbocycles. The lowest BCUT2D eigenvalue weighted by Gasteiger charge is -2.27. The molecule has 48 heavy (non-hydrogen) atoms. The van der Waals surface area contributed by atoms with Gasteiger partial charge in [-0.3, -0.25) is 0 Å². The van der Waals surface area contributed by atoms with Crippen molar-refractivity contribution in [2.24, 2.45) is 5.73 Å². The third-order valence-corrected chi connectivity index (χ3v) is 10.2. The first-order valence-electron chi connectivity index (χ1n) is 15.6. The van der Waals surface area contributed by atoms with Crippen LogP contribution in [0.25, 0.3) is 10.9 Å². The van der Waals surface area contributed by atoms with Crippen LogP contribution in [-0.4, -0.2) is 36.4 Å². The summed E-state index contributed by atoms with van der Waals surface area (Å²) in [6.45, 7) is 0.119. The minimum Gasteiger partial charge on any atom is -0.492 e. The zero-order valence-corrected chi connectivity index (χ0v) is 27.6. The highest BCUT2D eigenvalue weighted by molar-refractivity contribution is 7.90. The maximum Gasteiger partial charge on any atom is 0.339 e. The third-order valence-electron chi connectivity index (χ3n) is 8.34. The van der Waals surface area contributed by atoms with E-state index in [9.17, 15) is 18.3 Å². The van der Waals surface area contributed by atoms with Gasteiger partial charge in [0, 0.05) is 28.0 Å². The Hall–Kier alpha value is -4.89. The molecule has 0 aliphatic rings. The van der Waals surface area contributed by atoms with Crippen LogP contribution in [-0.2, 0) is 22.0 Å². The van der Waals surface area contributed by atoms with Gasteiger partial charge in [0.25, 0.3) is 0 Å². The van der Waals surface area contributed by atoms with Gasteiger partial charge in [0.05, 0.1) is 30.2 Å². The van der Waals surface area contributed by atoms with E-state index >= 15 is 0 Å². The first kappa shape index (κ1) is 33.0. The highest BCUT2D eigenvalue weighted by Gasteiger charge is 2.31. The van der Waals surface area contributed by atoms with E-state index in [-0.39, 0.29) is 35.5 Å². The number of carboxylic acids is 1. The van der Waals surface area contributed by atoms with Gasteiger partial charge in [-0.1, -0.05) is 115 Å². The Balaban J connectivity index is 1.51. The molecule has 0 radical (unpaired) electrons. The van der Waals surface area contributed by atoms with E-state index in [0.717, 1.165) is 27.6 Å². The molecule has 0 amide bonds. The number of sulfone groups is 1. The Morgan fingerprint density at radius 2 is 1.40 bits per heavy atom. The summed E-state index contributed by atoms with van der Waals surface area (Å²) in [5, 5.41) is 11.0. The number of hydrogen-bond acceptors (Lipinski definition) is 5. The van der Waals surface area contributed by atoms with Crippen molar-refractivity contribution in [2.75, 3.05) is 12.4 Å². The number of nitrogens with two attached hydrogens (primary N) is 1. The molecule has 3 N–H and O–H groups in total. The van der Waals surface area contributed by atoms with E-state index in [1.165, 1.54) is 6.07 Å². The van der Waals surface area contributed by atoms with Crippen molar-refractivity contribution in [1.29, 1.82) is 0 Å². The van der Waals surface area contributed by atoms with E-state index in [1.54, 1.807) is 30.3 Å². The Labute approximate surface area is 285 Å². The van der Waals surface area contributed by atoms with Crippen LogP contribution in [0, 0.1) is 0 Å². The minimum absolute atomic E-state index is 0.0557. The number of carboxylic acid groups (broad SMARTS) is 1. The number of benzene rings is 5. The molecule has 1 atom stereocenters. The summed E-state index contributed by atoms with van der Waals surface area (Å²) in [4.78, 5) is 11.9. The number of nitrogens with zero attached hydrogens (tertiary/aromatic N) is 1. The van der Waals surface area contributed by atoms with E-state index in [1.807, 2.05) is 97.1 Å². The van der Waals surface area contributed by atoms with Crippen molar-refractivity contribution in [2.45, 2.75) is 24.3 Å². The van der Waals surface area contributed by atoms with Crippen LogP contribution in [0.4, 0.5) is 0 Å².